The number of benzene rings is 3. The predicted octanol–water partition coefficient (Wildman–Crippen LogP) is 4.28. The van der Waals surface area contributed by atoms with Crippen LogP contribution in [0, 0.1) is 0 Å². The van der Waals surface area contributed by atoms with Gasteiger partial charge in [-0.15, -0.1) is 0 Å². The highest BCUT2D eigenvalue weighted by molar-refractivity contribution is 6.14. The highest BCUT2D eigenvalue weighted by atomic mass is 16.3. The minimum Gasteiger partial charge on any atom is -0.508 e. The molecule has 1 aromatic heterocycles. The zero-order chi connectivity index (χ0) is 14.4. The van der Waals surface area contributed by atoms with E-state index in [1.165, 1.54) is 0 Å². The number of phenols is 1. The summed E-state index contributed by atoms with van der Waals surface area (Å²) in [5, 5.41) is 11.6. The lowest BCUT2D eigenvalue weighted by Crippen LogP contribution is -1.88. The van der Waals surface area contributed by atoms with Crippen LogP contribution in [-0.4, -0.2) is 10.1 Å². The molecule has 102 valence electrons. The Bertz CT molecular complexity index is 952. The van der Waals surface area contributed by atoms with Gasteiger partial charge in [0.15, 0.2) is 0 Å². The summed E-state index contributed by atoms with van der Waals surface area (Å²) in [6.07, 6.45) is 0. The van der Waals surface area contributed by atoms with Crippen LogP contribution in [0.15, 0.2) is 60.7 Å². The Morgan fingerprint density at radius 3 is 2.38 bits per heavy atom. The van der Waals surface area contributed by atoms with Crippen molar-refractivity contribution < 1.29 is 5.11 Å². The Hall–Kier alpha value is -2.94. The first-order valence-corrected chi connectivity index (χ1v) is 6.82. The molecule has 0 radical (unpaired) electrons. The molecule has 3 aromatic carbocycles. The number of nitrogens with two attached hydrogens (primary N) is 1. The number of hydrogen-bond donors (Lipinski definition) is 3. The Balaban J connectivity index is 2.00. The minimum absolute atomic E-state index is 0.262. The van der Waals surface area contributed by atoms with Crippen molar-refractivity contribution >= 4 is 27.5 Å². The summed E-state index contributed by atoms with van der Waals surface area (Å²) in [5.41, 5.74) is 11.2. The lowest BCUT2D eigenvalue weighted by molar-refractivity contribution is 0.475. The molecule has 21 heavy (non-hydrogen) atoms. The molecule has 0 aliphatic carbocycles. The second kappa shape index (κ2) is 4.28. The molecule has 0 aliphatic heterocycles. The van der Waals surface area contributed by atoms with Crippen molar-refractivity contribution in [3.05, 3.63) is 60.7 Å². The topological polar surface area (TPSA) is 62.0 Å². The van der Waals surface area contributed by atoms with Gasteiger partial charge in [0.1, 0.15) is 5.75 Å². The quantitative estimate of drug-likeness (QED) is 0.454. The fourth-order valence-electron chi connectivity index (χ4n) is 2.84. The molecule has 0 atom stereocenters. The van der Waals surface area contributed by atoms with E-state index in [9.17, 15) is 5.11 Å². The van der Waals surface area contributed by atoms with E-state index < -0.39 is 0 Å². The van der Waals surface area contributed by atoms with Gasteiger partial charge >= 0.3 is 0 Å². The van der Waals surface area contributed by atoms with Crippen LogP contribution >= 0.6 is 0 Å². The molecule has 3 heteroatoms. The van der Waals surface area contributed by atoms with E-state index in [0.29, 0.717) is 0 Å². The first kappa shape index (κ1) is 11.9. The number of aromatic nitrogens is 1. The van der Waals surface area contributed by atoms with Crippen molar-refractivity contribution in [2.45, 2.75) is 0 Å². The van der Waals surface area contributed by atoms with E-state index in [2.05, 4.69) is 23.2 Å². The summed E-state index contributed by atoms with van der Waals surface area (Å²) >= 11 is 0. The molecule has 0 amide bonds. The minimum atomic E-state index is 0.262. The molecule has 0 fully saturated rings. The van der Waals surface area contributed by atoms with Crippen LogP contribution in [0.4, 0.5) is 5.69 Å². The van der Waals surface area contributed by atoms with Gasteiger partial charge in [0.05, 0.1) is 0 Å². The zero-order valence-corrected chi connectivity index (χ0v) is 11.3. The number of rotatable bonds is 1. The maximum absolute atomic E-state index is 9.39. The van der Waals surface area contributed by atoms with Crippen molar-refractivity contribution in [3.8, 4) is 16.9 Å². The van der Waals surface area contributed by atoms with Crippen molar-refractivity contribution in [3.63, 3.8) is 0 Å². The maximum atomic E-state index is 9.39. The van der Waals surface area contributed by atoms with Gasteiger partial charge in [0.2, 0.25) is 0 Å². The average molecular weight is 274 g/mol. The van der Waals surface area contributed by atoms with Crippen LogP contribution in [0.5, 0.6) is 5.75 Å². The Morgan fingerprint density at radius 1 is 0.810 bits per heavy atom. The average Bonchev–Trinajstić information content (AvgIpc) is 2.86. The monoisotopic (exact) mass is 274 g/mol. The first-order chi connectivity index (χ1) is 10.2. The van der Waals surface area contributed by atoms with Gasteiger partial charge in [-0.25, -0.2) is 0 Å². The predicted molar refractivity (Wildman–Crippen MR) is 87.3 cm³/mol. The smallest absolute Gasteiger partial charge is 0.115 e. The summed E-state index contributed by atoms with van der Waals surface area (Å²) in [7, 11) is 0. The SMILES string of the molecule is Nc1cc(-c2ccc(O)cc2)cc2[nH]c3ccccc3c12. The fraction of sp³-hybridized carbons (Fsp3) is 0. The molecule has 4 N–H and O–H groups in total. The van der Waals surface area contributed by atoms with Crippen LogP contribution in [0.3, 0.4) is 0 Å². The van der Waals surface area contributed by atoms with Gasteiger partial charge in [0, 0.05) is 27.5 Å². The number of H-pyrrole nitrogens is 1. The lowest BCUT2D eigenvalue weighted by atomic mass is 10.0. The second-order valence-corrected chi connectivity index (χ2v) is 5.21. The molecule has 0 spiro atoms. The number of para-hydroxylation sites is 1. The highest BCUT2D eigenvalue weighted by Gasteiger charge is 2.09. The van der Waals surface area contributed by atoms with Gasteiger partial charge in [0.25, 0.3) is 0 Å². The molecule has 4 aromatic rings. The van der Waals surface area contributed by atoms with Crippen LogP contribution < -0.4 is 5.73 Å². The third-order valence-corrected chi connectivity index (χ3v) is 3.84. The molecule has 1 heterocycles. The number of nitrogens with one attached hydrogen (secondary N) is 1. The van der Waals surface area contributed by atoms with Crippen LogP contribution in [-0.2, 0) is 0 Å². The maximum Gasteiger partial charge on any atom is 0.115 e. The van der Waals surface area contributed by atoms with E-state index in [4.69, 9.17) is 5.73 Å². The summed E-state index contributed by atoms with van der Waals surface area (Å²) in [6.45, 7) is 0. The first-order valence-electron chi connectivity index (χ1n) is 6.82. The van der Waals surface area contributed by atoms with E-state index in [0.717, 1.165) is 38.6 Å². The van der Waals surface area contributed by atoms with Crippen molar-refractivity contribution in [2.24, 2.45) is 0 Å². The fourth-order valence-corrected chi connectivity index (χ4v) is 2.84. The Morgan fingerprint density at radius 2 is 1.57 bits per heavy atom. The van der Waals surface area contributed by atoms with E-state index in [1.54, 1.807) is 12.1 Å². The molecule has 0 unspecified atom stereocenters. The highest BCUT2D eigenvalue weighted by Crippen LogP contribution is 2.34. The molecular weight excluding hydrogens is 260 g/mol. The van der Waals surface area contributed by atoms with Crippen LogP contribution in [0.2, 0.25) is 0 Å². The van der Waals surface area contributed by atoms with Gasteiger partial charge in [-0.3, -0.25) is 0 Å². The van der Waals surface area contributed by atoms with Crippen molar-refractivity contribution in [1.29, 1.82) is 0 Å². The molecule has 4 rings (SSSR count). The van der Waals surface area contributed by atoms with E-state index in [-0.39, 0.29) is 5.75 Å². The summed E-state index contributed by atoms with van der Waals surface area (Å²) in [5.74, 6) is 0.262. The molecule has 0 saturated carbocycles. The largest absolute Gasteiger partial charge is 0.508 e. The molecule has 0 saturated heterocycles. The van der Waals surface area contributed by atoms with Gasteiger partial charge in [-0.05, 0) is 41.5 Å². The third-order valence-electron chi connectivity index (χ3n) is 3.84. The van der Waals surface area contributed by atoms with Crippen molar-refractivity contribution in [2.75, 3.05) is 5.73 Å². The van der Waals surface area contributed by atoms with Crippen LogP contribution in [0.1, 0.15) is 0 Å². The zero-order valence-electron chi connectivity index (χ0n) is 11.3. The normalized spacial score (nSPS) is 11.2. The van der Waals surface area contributed by atoms with E-state index in [1.807, 2.05) is 30.3 Å². The number of anilines is 1. The van der Waals surface area contributed by atoms with E-state index >= 15 is 0 Å². The lowest BCUT2D eigenvalue weighted by Gasteiger charge is -2.05. The number of aromatic amines is 1. The number of phenolic OH excluding ortho intramolecular Hbond substituents is 1. The number of nitrogen functional groups attached to an aromatic ring is 1. The van der Waals surface area contributed by atoms with Gasteiger partial charge < -0.3 is 15.8 Å². The standard InChI is InChI=1S/C18H14N2O/c19-15-9-12(11-5-7-13(21)8-6-11)10-17-18(15)14-3-1-2-4-16(14)20-17/h1-10,20-21H,19H2. The number of aromatic hydroxyl groups is 1. The Labute approximate surface area is 121 Å². The Kier molecular flexibility index (Phi) is 2.42. The molecular formula is C18H14N2O. The van der Waals surface area contributed by atoms with Crippen molar-refractivity contribution in [1.82, 2.24) is 4.98 Å². The summed E-state index contributed by atoms with van der Waals surface area (Å²) < 4.78 is 0. The third kappa shape index (κ3) is 1.82. The molecule has 0 bridgehead atoms. The summed E-state index contributed by atoms with van der Waals surface area (Å²) in [4.78, 5) is 3.41. The second-order valence-electron chi connectivity index (χ2n) is 5.21. The molecule has 3 nitrogen and oxygen atoms in total. The van der Waals surface area contributed by atoms with Gasteiger partial charge in [-0.2, -0.15) is 0 Å². The molecule has 0 aliphatic rings. The van der Waals surface area contributed by atoms with Gasteiger partial charge in [-0.1, -0.05) is 30.3 Å². The number of hydrogen-bond acceptors (Lipinski definition) is 2. The number of fused-ring (bicyclic) bond motifs is 3. The van der Waals surface area contributed by atoms with Crippen LogP contribution in [0.25, 0.3) is 32.9 Å². The summed E-state index contributed by atoms with van der Waals surface area (Å²) in [6, 6.07) is 19.4.